The first-order valence-electron chi connectivity index (χ1n) is 9.25. The lowest BCUT2D eigenvalue weighted by Crippen LogP contribution is -2.28. The molecule has 0 unspecified atom stereocenters. The maximum absolute atomic E-state index is 12.8. The fraction of sp³-hybridized carbons (Fsp3) is 0.286. The Labute approximate surface area is 180 Å². The Kier molecular flexibility index (Phi) is 6.54. The highest BCUT2D eigenvalue weighted by Crippen LogP contribution is 2.34. The van der Waals surface area contributed by atoms with E-state index in [1.807, 2.05) is 19.1 Å². The van der Waals surface area contributed by atoms with Crippen molar-refractivity contribution < 1.29 is 32.3 Å². The number of amides is 2. The van der Waals surface area contributed by atoms with Crippen LogP contribution in [0.15, 0.2) is 42.5 Å². The molecule has 31 heavy (non-hydrogen) atoms. The van der Waals surface area contributed by atoms with Gasteiger partial charge in [0.05, 0.1) is 22.2 Å². The van der Waals surface area contributed by atoms with Crippen LogP contribution >= 0.6 is 11.6 Å². The van der Waals surface area contributed by atoms with Gasteiger partial charge >= 0.3 is 12.1 Å². The number of carbonyl (C=O) groups is 3. The molecule has 0 spiro atoms. The summed E-state index contributed by atoms with van der Waals surface area (Å²) in [4.78, 5) is 38.1. The molecule has 3 rings (SSSR count). The normalized spacial score (nSPS) is 16.4. The summed E-state index contributed by atoms with van der Waals surface area (Å²) >= 11 is 5.83. The first-order valence-corrected chi connectivity index (χ1v) is 9.63. The van der Waals surface area contributed by atoms with Crippen LogP contribution in [-0.2, 0) is 25.3 Å². The predicted octanol–water partition coefficient (Wildman–Crippen LogP) is 4.20. The molecule has 6 nitrogen and oxygen atoms in total. The first kappa shape index (κ1) is 22.6. The highest BCUT2D eigenvalue weighted by Gasteiger charge is 2.37. The highest BCUT2D eigenvalue weighted by molar-refractivity contribution is 6.33. The van der Waals surface area contributed by atoms with Gasteiger partial charge in [0.25, 0.3) is 5.91 Å². The number of aryl methyl sites for hydroxylation is 1. The van der Waals surface area contributed by atoms with E-state index in [2.05, 4.69) is 5.32 Å². The highest BCUT2D eigenvalue weighted by atomic mass is 35.5. The Morgan fingerprint density at radius 1 is 1.23 bits per heavy atom. The van der Waals surface area contributed by atoms with Crippen LogP contribution in [0.2, 0.25) is 5.02 Å². The minimum absolute atomic E-state index is 0.0613. The molecule has 2 aromatic carbocycles. The number of nitrogens with one attached hydrogen (secondary N) is 1. The molecule has 0 aliphatic carbocycles. The van der Waals surface area contributed by atoms with Gasteiger partial charge in [-0.15, -0.1) is 0 Å². The summed E-state index contributed by atoms with van der Waals surface area (Å²) in [6.45, 7) is 1.24. The summed E-state index contributed by atoms with van der Waals surface area (Å²) in [6, 6.07) is 9.72. The third-order valence-corrected chi connectivity index (χ3v) is 5.11. The fourth-order valence-corrected chi connectivity index (χ4v) is 3.37. The summed E-state index contributed by atoms with van der Waals surface area (Å²) in [5.41, 5.74) is 0.339. The molecule has 1 heterocycles. The van der Waals surface area contributed by atoms with Crippen LogP contribution in [0.4, 0.5) is 24.5 Å². The van der Waals surface area contributed by atoms with Gasteiger partial charge in [0.1, 0.15) is 0 Å². The number of para-hydroxylation sites is 1. The van der Waals surface area contributed by atoms with Crippen LogP contribution in [0.5, 0.6) is 0 Å². The smallest absolute Gasteiger partial charge is 0.416 e. The summed E-state index contributed by atoms with van der Waals surface area (Å²) < 4.78 is 43.4. The van der Waals surface area contributed by atoms with Crippen LogP contribution < -0.4 is 10.2 Å². The zero-order valence-corrected chi connectivity index (χ0v) is 17.1. The van der Waals surface area contributed by atoms with Crippen LogP contribution in [-0.4, -0.2) is 30.9 Å². The second-order valence-electron chi connectivity index (χ2n) is 7.04. The molecular formula is C21H18ClF3N2O4. The number of rotatable bonds is 5. The molecule has 1 atom stereocenters. The van der Waals surface area contributed by atoms with Gasteiger partial charge in [-0.2, -0.15) is 13.2 Å². The number of hydrogen-bond acceptors (Lipinski definition) is 4. The van der Waals surface area contributed by atoms with E-state index in [-0.39, 0.29) is 29.6 Å². The molecule has 2 amide bonds. The van der Waals surface area contributed by atoms with Gasteiger partial charge in [-0.3, -0.25) is 14.4 Å². The Morgan fingerprint density at radius 2 is 1.94 bits per heavy atom. The van der Waals surface area contributed by atoms with Crippen molar-refractivity contribution in [2.45, 2.75) is 19.5 Å². The molecule has 0 bridgehead atoms. The van der Waals surface area contributed by atoms with Crippen LogP contribution in [0.3, 0.4) is 0 Å². The van der Waals surface area contributed by atoms with E-state index >= 15 is 0 Å². The van der Waals surface area contributed by atoms with Gasteiger partial charge in [-0.05, 0) is 36.8 Å². The minimum Gasteiger partial charge on any atom is -0.455 e. The van der Waals surface area contributed by atoms with E-state index < -0.39 is 36.1 Å². The van der Waals surface area contributed by atoms with Crippen molar-refractivity contribution >= 4 is 40.8 Å². The van der Waals surface area contributed by atoms with E-state index in [4.69, 9.17) is 16.3 Å². The van der Waals surface area contributed by atoms with Gasteiger partial charge in [0.15, 0.2) is 6.61 Å². The van der Waals surface area contributed by atoms with E-state index in [1.54, 1.807) is 12.1 Å². The monoisotopic (exact) mass is 454 g/mol. The van der Waals surface area contributed by atoms with Crippen LogP contribution in [0.25, 0.3) is 0 Å². The number of esters is 1. The van der Waals surface area contributed by atoms with Crippen LogP contribution in [0.1, 0.15) is 17.5 Å². The Balaban J connectivity index is 1.57. The largest absolute Gasteiger partial charge is 0.455 e. The molecular weight excluding hydrogens is 437 g/mol. The quantitative estimate of drug-likeness (QED) is 0.687. The molecule has 1 aliphatic heterocycles. The summed E-state index contributed by atoms with van der Waals surface area (Å²) in [5.74, 6) is -2.59. The van der Waals surface area contributed by atoms with Gasteiger partial charge in [-0.1, -0.05) is 29.8 Å². The molecule has 164 valence electrons. The molecule has 10 heteroatoms. The molecule has 2 aromatic rings. The van der Waals surface area contributed by atoms with E-state index in [0.29, 0.717) is 11.8 Å². The summed E-state index contributed by atoms with van der Waals surface area (Å²) in [6.07, 6.45) is -4.66. The number of carbonyl (C=O) groups excluding carboxylic acids is 3. The number of ether oxygens (including phenoxy) is 1. The molecule has 0 aromatic heterocycles. The second kappa shape index (κ2) is 8.97. The zero-order valence-electron chi connectivity index (χ0n) is 16.3. The Morgan fingerprint density at radius 3 is 2.61 bits per heavy atom. The third-order valence-electron chi connectivity index (χ3n) is 4.78. The summed E-state index contributed by atoms with van der Waals surface area (Å²) in [7, 11) is 0. The van der Waals surface area contributed by atoms with E-state index in [9.17, 15) is 27.6 Å². The average molecular weight is 455 g/mol. The maximum atomic E-state index is 12.8. The number of benzene rings is 2. The van der Waals surface area contributed by atoms with Gasteiger partial charge in [0, 0.05) is 18.7 Å². The topological polar surface area (TPSA) is 75.7 Å². The van der Waals surface area contributed by atoms with Crippen molar-refractivity contribution in [3.8, 4) is 0 Å². The van der Waals surface area contributed by atoms with Crippen molar-refractivity contribution in [1.29, 1.82) is 0 Å². The SMILES string of the molecule is Cc1ccccc1N1C[C@@H](C(=O)OCC(=O)Nc2cc(C(F)(F)F)ccc2Cl)CC1=O. The van der Waals surface area contributed by atoms with E-state index in [1.165, 1.54) is 4.90 Å². The molecule has 0 saturated carbocycles. The fourth-order valence-electron chi connectivity index (χ4n) is 3.20. The van der Waals surface area contributed by atoms with Crippen molar-refractivity contribution in [2.75, 3.05) is 23.4 Å². The molecule has 1 saturated heterocycles. The number of nitrogens with zero attached hydrogens (tertiary/aromatic N) is 1. The van der Waals surface area contributed by atoms with Gasteiger partial charge in [-0.25, -0.2) is 0 Å². The zero-order chi connectivity index (χ0) is 22.8. The lowest BCUT2D eigenvalue weighted by Gasteiger charge is -2.18. The first-order chi connectivity index (χ1) is 14.6. The minimum atomic E-state index is -4.60. The average Bonchev–Trinajstić information content (AvgIpc) is 3.09. The third kappa shape index (κ3) is 5.35. The maximum Gasteiger partial charge on any atom is 0.416 e. The molecule has 1 fully saturated rings. The number of alkyl halides is 3. The molecule has 1 N–H and O–H groups in total. The van der Waals surface area contributed by atoms with Crippen LogP contribution in [0, 0.1) is 12.8 Å². The second-order valence-corrected chi connectivity index (χ2v) is 7.45. The lowest BCUT2D eigenvalue weighted by molar-refractivity contribution is -0.151. The van der Waals surface area contributed by atoms with Crippen molar-refractivity contribution in [2.24, 2.45) is 5.92 Å². The number of anilines is 2. The lowest BCUT2D eigenvalue weighted by atomic mass is 10.1. The number of halogens is 4. The molecule has 0 radical (unpaired) electrons. The predicted molar refractivity (Wildman–Crippen MR) is 108 cm³/mol. The van der Waals surface area contributed by atoms with Crippen molar-refractivity contribution in [3.63, 3.8) is 0 Å². The van der Waals surface area contributed by atoms with Crippen molar-refractivity contribution in [3.05, 3.63) is 58.6 Å². The Hall–Kier alpha value is -3.07. The standard InChI is InChI=1S/C21H18ClF3N2O4/c1-12-4-2-3-5-17(12)27-10-13(8-19(27)29)20(30)31-11-18(28)26-16-9-14(21(23,24)25)6-7-15(16)22/h2-7,9,13H,8,10-11H2,1H3,(H,26,28)/t13-/m0/s1. The van der Waals surface area contributed by atoms with Gasteiger partial charge in [0.2, 0.25) is 5.91 Å². The summed E-state index contributed by atoms with van der Waals surface area (Å²) in [5, 5.41) is 2.10. The van der Waals surface area contributed by atoms with Gasteiger partial charge < -0.3 is 15.0 Å². The molecule has 1 aliphatic rings. The Bertz CT molecular complexity index is 1030. The van der Waals surface area contributed by atoms with E-state index in [0.717, 1.165) is 17.7 Å². The number of hydrogen-bond donors (Lipinski definition) is 1. The van der Waals surface area contributed by atoms with Crippen molar-refractivity contribution in [1.82, 2.24) is 0 Å².